The molecule has 9 nitrogen and oxygen atoms in total. The largest absolute Gasteiger partial charge is 0.483 e. The van der Waals surface area contributed by atoms with Crippen LogP contribution in [0.5, 0.6) is 5.75 Å². The summed E-state index contributed by atoms with van der Waals surface area (Å²) in [4.78, 5) is 36.7. The summed E-state index contributed by atoms with van der Waals surface area (Å²) in [6, 6.07) is 5.80. The molecule has 6 bridgehead atoms. The highest BCUT2D eigenvalue weighted by molar-refractivity contribution is 6.32. The lowest BCUT2D eigenvalue weighted by molar-refractivity contribution is -0.139. The van der Waals surface area contributed by atoms with Crippen molar-refractivity contribution in [3.63, 3.8) is 0 Å². The molecule has 3 aliphatic rings. The van der Waals surface area contributed by atoms with E-state index in [-0.39, 0.29) is 18.4 Å². The van der Waals surface area contributed by atoms with Gasteiger partial charge in [0.05, 0.1) is 6.20 Å². The second-order valence-corrected chi connectivity index (χ2v) is 9.63. The van der Waals surface area contributed by atoms with Gasteiger partial charge in [-0.1, -0.05) is 23.8 Å². The number of piperazine rings is 1. The van der Waals surface area contributed by atoms with E-state index >= 15 is 0 Å². The lowest BCUT2D eigenvalue weighted by Gasteiger charge is -2.34. The number of hydrogen-bond donors (Lipinski definition) is 2. The van der Waals surface area contributed by atoms with Crippen molar-refractivity contribution in [2.45, 2.75) is 26.2 Å². The number of ether oxygens (including phenoxy) is 1. The van der Waals surface area contributed by atoms with Crippen LogP contribution in [0.2, 0.25) is 5.02 Å². The molecule has 1 unspecified atom stereocenters. The number of carbonyl (C=O) groups excluding carboxylic acids is 2. The molecular formula is C26H29ClN6O3. The molecule has 5 rings (SSSR count). The third kappa shape index (κ3) is 5.62. The molecule has 2 N–H and O–H groups in total. The number of nitrogens with one attached hydrogen (secondary N) is 2. The van der Waals surface area contributed by atoms with Crippen molar-refractivity contribution in [3.05, 3.63) is 58.9 Å². The quantitative estimate of drug-likeness (QED) is 0.651. The lowest BCUT2D eigenvalue weighted by Crippen LogP contribution is -2.51. The van der Waals surface area contributed by atoms with E-state index in [1.54, 1.807) is 22.9 Å². The van der Waals surface area contributed by atoms with Crippen molar-refractivity contribution >= 4 is 40.9 Å². The van der Waals surface area contributed by atoms with Gasteiger partial charge in [-0.2, -0.15) is 4.98 Å². The summed E-state index contributed by atoms with van der Waals surface area (Å²) in [7, 11) is 0. The molecule has 1 fully saturated rings. The number of fused-ring (bicyclic) bond motifs is 6. The molecule has 1 aromatic heterocycles. The Bertz CT molecular complexity index is 1220. The fourth-order valence-corrected chi connectivity index (χ4v) is 4.81. The van der Waals surface area contributed by atoms with Crippen LogP contribution in [0.1, 0.15) is 25.3 Å². The molecule has 2 amide bonds. The van der Waals surface area contributed by atoms with Gasteiger partial charge in [0.1, 0.15) is 10.8 Å². The molecule has 1 saturated heterocycles. The summed E-state index contributed by atoms with van der Waals surface area (Å²) < 4.78 is 6.03. The normalized spacial score (nSPS) is 19.1. The molecular weight excluding hydrogens is 480 g/mol. The first-order chi connectivity index (χ1) is 17.4. The number of allylic oxidation sites excluding steroid dienone is 4. The van der Waals surface area contributed by atoms with Crippen LogP contribution in [-0.4, -0.2) is 64.4 Å². The number of benzene rings is 1. The molecule has 10 heteroatoms. The summed E-state index contributed by atoms with van der Waals surface area (Å²) in [5, 5.41) is 7.01. The van der Waals surface area contributed by atoms with Gasteiger partial charge >= 0.3 is 0 Å². The van der Waals surface area contributed by atoms with Crippen molar-refractivity contribution in [1.29, 1.82) is 0 Å². The summed E-state index contributed by atoms with van der Waals surface area (Å²) in [6.07, 6.45) is 10.5. The maximum Gasteiger partial charge on any atom is 0.260 e. The van der Waals surface area contributed by atoms with Crippen LogP contribution in [0.25, 0.3) is 0 Å². The van der Waals surface area contributed by atoms with Gasteiger partial charge in [-0.05, 0) is 55.0 Å². The Hall–Kier alpha value is -3.59. The Kier molecular flexibility index (Phi) is 7.09. The summed E-state index contributed by atoms with van der Waals surface area (Å²) >= 11 is 6.36. The number of aryl methyl sites for hydroxylation is 1. The summed E-state index contributed by atoms with van der Waals surface area (Å²) in [6.45, 7) is 3.68. The minimum atomic E-state index is -0.0754. The Balaban J connectivity index is 1.33. The summed E-state index contributed by atoms with van der Waals surface area (Å²) in [5.41, 5.74) is 2.89. The number of carbonyl (C=O) groups is 2. The minimum absolute atomic E-state index is 0.0396. The van der Waals surface area contributed by atoms with Gasteiger partial charge in [0.25, 0.3) is 5.91 Å². The maximum absolute atomic E-state index is 12.8. The van der Waals surface area contributed by atoms with Crippen molar-refractivity contribution in [2.24, 2.45) is 5.92 Å². The predicted octanol–water partition coefficient (Wildman–Crippen LogP) is 3.76. The SMILES string of the molecule is CC(=O)N1CCN(C(=O)COc2ccc3cc2CCC2C=CC=C(C2)Nc2ncc(Cl)c(n2)N3)CC1. The van der Waals surface area contributed by atoms with Crippen molar-refractivity contribution < 1.29 is 14.3 Å². The Morgan fingerprint density at radius 3 is 2.78 bits per heavy atom. The van der Waals surface area contributed by atoms with Gasteiger partial charge in [-0.15, -0.1) is 0 Å². The van der Waals surface area contributed by atoms with Crippen LogP contribution in [0.15, 0.2) is 48.3 Å². The van der Waals surface area contributed by atoms with E-state index in [1.165, 1.54) is 0 Å². The first-order valence-corrected chi connectivity index (χ1v) is 12.6. The summed E-state index contributed by atoms with van der Waals surface area (Å²) in [5.74, 6) is 2.01. The van der Waals surface area contributed by atoms with Crippen LogP contribution in [0.3, 0.4) is 0 Å². The number of aromatic nitrogens is 2. The van der Waals surface area contributed by atoms with Gasteiger partial charge in [0.15, 0.2) is 12.4 Å². The average molecular weight is 509 g/mol. The second-order valence-electron chi connectivity index (χ2n) is 9.22. The zero-order valence-electron chi connectivity index (χ0n) is 20.2. The van der Waals surface area contributed by atoms with Crippen LogP contribution in [0.4, 0.5) is 17.5 Å². The van der Waals surface area contributed by atoms with Gasteiger partial charge in [0.2, 0.25) is 11.9 Å². The molecule has 0 radical (unpaired) electrons. The molecule has 2 aliphatic heterocycles. The van der Waals surface area contributed by atoms with Gasteiger partial charge < -0.3 is 25.2 Å². The molecule has 1 aliphatic carbocycles. The number of halogens is 1. The molecule has 188 valence electrons. The standard InChI is InChI=1S/C26H29ClN6O3/c1-17(34)32-9-11-33(12-10-32)24(35)16-36-23-8-7-21-14-19(23)6-5-18-3-2-4-20(13-18)30-26-28-15-22(27)25(29-21)31-26/h2-4,7-8,14-15,18H,5-6,9-13,16H2,1H3,(H2,28,29,30,31). The van der Waals surface area contributed by atoms with E-state index in [0.29, 0.717) is 54.6 Å². The van der Waals surface area contributed by atoms with E-state index < -0.39 is 0 Å². The van der Waals surface area contributed by atoms with E-state index in [0.717, 1.165) is 36.2 Å². The first kappa shape index (κ1) is 24.1. The number of hydrogen-bond acceptors (Lipinski definition) is 7. The van der Waals surface area contributed by atoms with Crippen LogP contribution in [-0.2, 0) is 16.0 Å². The van der Waals surface area contributed by atoms with Gasteiger partial charge in [-0.25, -0.2) is 4.98 Å². The topological polar surface area (TPSA) is 99.7 Å². The van der Waals surface area contributed by atoms with Crippen molar-refractivity contribution in [3.8, 4) is 5.75 Å². The number of rotatable bonds is 3. The van der Waals surface area contributed by atoms with E-state index in [4.69, 9.17) is 16.3 Å². The highest BCUT2D eigenvalue weighted by Crippen LogP contribution is 2.32. The van der Waals surface area contributed by atoms with Crippen molar-refractivity contribution in [2.75, 3.05) is 43.4 Å². The predicted molar refractivity (Wildman–Crippen MR) is 138 cm³/mol. The van der Waals surface area contributed by atoms with Crippen LogP contribution < -0.4 is 15.4 Å². The van der Waals surface area contributed by atoms with Crippen LogP contribution in [0, 0.1) is 5.92 Å². The second kappa shape index (κ2) is 10.6. The molecule has 0 spiro atoms. The Morgan fingerprint density at radius 1 is 1.17 bits per heavy atom. The van der Waals surface area contributed by atoms with E-state index in [1.807, 2.05) is 24.3 Å². The lowest BCUT2D eigenvalue weighted by atomic mass is 9.91. The molecule has 36 heavy (non-hydrogen) atoms. The van der Waals surface area contributed by atoms with Crippen molar-refractivity contribution in [1.82, 2.24) is 19.8 Å². The minimum Gasteiger partial charge on any atom is -0.483 e. The van der Waals surface area contributed by atoms with E-state index in [9.17, 15) is 9.59 Å². The first-order valence-electron chi connectivity index (χ1n) is 12.2. The highest BCUT2D eigenvalue weighted by Gasteiger charge is 2.23. The highest BCUT2D eigenvalue weighted by atomic mass is 35.5. The van der Waals surface area contributed by atoms with E-state index in [2.05, 4.69) is 32.8 Å². The Morgan fingerprint density at radius 2 is 1.97 bits per heavy atom. The maximum atomic E-state index is 12.8. The monoisotopic (exact) mass is 508 g/mol. The molecule has 3 heterocycles. The van der Waals surface area contributed by atoms with Gasteiger partial charge in [-0.3, -0.25) is 9.59 Å². The average Bonchev–Trinajstić information content (AvgIpc) is 2.89. The number of amides is 2. The number of anilines is 3. The molecule has 2 aromatic rings. The smallest absolute Gasteiger partial charge is 0.260 e. The third-order valence-electron chi connectivity index (χ3n) is 6.72. The fraction of sp³-hybridized carbons (Fsp3) is 0.385. The molecule has 1 atom stereocenters. The Labute approximate surface area is 215 Å². The number of nitrogens with zero attached hydrogens (tertiary/aromatic N) is 4. The zero-order chi connectivity index (χ0) is 25.1. The third-order valence-corrected chi connectivity index (χ3v) is 6.99. The molecule has 0 saturated carbocycles. The fourth-order valence-electron chi connectivity index (χ4n) is 4.67. The van der Waals surface area contributed by atoms with Crippen LogP contribution >= 0.6 is 11.6 Å². The molecule has 1 aromatic carbocycles. The van der Waals surface area contributed by atoms with Gasteiger partial charge in [0, 0.05) is 44.5 Å². The zero-order valence-corrected chi connectivity index (χ0v) is 20.9.